The van der Waals surface area contributed by atoms with Gasteiger partial charge in [0.15, 0.2) is 0 Å². The molecule has 6 nitrogen and oxygen atoms in total. The average molecular weight is 204 g/mol. The molecule has 0 aliphatic heterocycles. The van der Waals surface area contributed by atoms with Crippen LogP contribution in [0.2, 0.25) is 0 Å². The van der Waals surface area contributed by atoms with Gasteiger partial charge in [0.1, 0.15) is 5.69 Å². The van der Waals surface area contributed by atoms with Crippen LogP contribution in [0.15, 0.2) is 18.3 Å². The zero-order valence-corrected chi connectivity index (χ0v) is 7.93. The normalized spacial score (nSPS) is 10.2. The first-order valence-electron chi connectivity index (χ1n) is 4.26. The van der Waals surface area contributed by atoms with Gasteiger partial charge < -0.3 is 5.11 Å². The Morgan fingerprint density at radius 3 is 2.87 bits per heavy atom. The first-order chi connectivity index (χ1) is 7.18. The fourth-order valence-electron chi connectivity index (χ4n) is 1.20. The van der Waals surface area contributed by atoms with E-state index in [4.69, 9.17) is 5.11 Å². The number of rotatable bonds is 2. The average Bonchev–Trinajstić information content (AvgIpc) is 2.71. The number of carbonyl (C=O) groups is 1. The van der Waals surface area contributed by atoms with Crippen molar-refractivity contribution < 1.29 is 9.90 Å². The Morgan fingerprint density at radius 1 is 1.47 bits per heavy atom. The summed E-state index contributed by atoms with van der Waals surface area (Å²) in [6, 6.07) is 3.17. The number of aromatic nitrogens is 4. The third kappa shape index (κ3) is 1.69. The summed E-state index contributed by atoms with van der Waals surface area (Å²) in [4.78, 5) is 10.8. The predicted octanol–water partition coefficient (Wildman–Crippen LogP) is 0.873. The third-order valence-corrected chi connectivity index (χ3v) is 1.99. The van der Waals surface area contributed by atoms with E-state index in [2.05, 4.69) is 20.4 Å². The van der Waals surface area contributed by atoms with E-state index in [1.807, 2.05) is 0 Å². The topological polar surface area (TPSA) is 91.8 Å². The quantitative estimate of drug-likeness (QED) is 0.757. The van der Waals surface area contributed by atoms with Gasteiger partial charge in [-0.1, -0.05) is 0 Å². The van der Waals surface area contributed by atoms with E-state index in [0.717, 1.165) is 0 Å². The smallest absolute Gasteiger partial charge is 0.337 e. The molecule has 0 spiro atoms. The maximum Gasteiger partial charge on any atom is 0.337 e. The highest BCUT2D eigenvalue weighted by atomic mass is 16.4. The Balaban J connectivity index is 2.52. The number of H-pyrrole nitrogens is 1. The van der Waals surface area contributed by atoms with E-state index in [1.54, 1.807) is 19.2 Å². The van der Waals surface area contributed by atoms with Gasteiger partial charge >= 0.3 is 5.97 Å². The van der Waals surface area contributed by atoms with Crippen molar-refractivity contribution in [2.75, 3.05) is 0 Å². The second kappa shape index (κ2) is 3.49. The molecule has 6 heteroatoms. The maximum atomic E-state index is 10.8. The first kappa shape index (κ1) is 9.32. The third-order valence-electron chi connectivity index (χ3n) is 1.99. The summed E-state index contributed by atoms with van der Waals surface area (Å²) >= 11 is 0. The van der Waals surface area contributed by atoms with Crippen molar-refractivity contribution in [1.29, 1.82) is 0 Å². The molecule has 0 bridgehead atoms. The van der Waals surface area contributed by atoms with E-state index in [-0.39, 0.29) is 5.56 Å². The Bertz CT molecular complexity index is 493. The molecule has 0 atom stereocenters. The summed E-state index contributed by atoms with van der Waals surface area (Å²) in [7, 11) is 0. The van der Waals surface area contributed by atoms with Crippen LogP contribution in [0.1, 0.15) is 16.1 Å². The zero-order chi connectivity index (χ0) is 10.8. The molecule has 0 saturated carbocycles. The number of carboxylic acids is 1. The van der Waals surface area contributed by atoms with Gasteiger partial charge in [0, 0.05) is 6.20 Å². The summed E-state index contributed by atoms with van der Waals surface area (Å²) in [6.45, 7) is 1.60. The van der Waals surface area contributed by atoms with Crippen LogP contribution in [0.5, 0.6) is 0 Å². The van der Waals surface area contributed by atoms with Crippen LogP contribution in [-0.4, -0.2) is 31.5 Å². The summed E-state index contributed by atoms with van der Waals surface area (Å²) < 4.78 is 0. The van der Waals surface area contributed by atoms with E-state index in [1.165, 1.54) is 6.07 Å². The summed E-state index contributed by atoms with van der Waals surface area (Å²) in [5, 5.41) is 23.0. The van der Waals surface area contributed by atoms with E-state index in [0.29, 0.717) is 17.1 Å². The monoisotopic (exact) mass is 204 g/mol. The molecule has 0 fully saturated rings. The first-order valence-corrected chi connectivity index (χ1v) is 4.26. The van der Waals surface area contributed by atoms with E-state index in [9.17, 15) is 4.79 Å². The van der Waals surface area contributed by atoms with Crippen LogP contribution < -0.4 is 0 Å². The Kier molecular flexibility index (Phi) is 2.17. The van der Waals surface area contributed by atoms with Crippen molar-refractivity contribution >= 4 is 5.97 Å². The second-order valence-corrected chi connectivity index (χ2v) is 3.00. The van der Waals surface area contributed by atoms with Crippen molar-refractivity contribution in [3.05, 3.63) is 29.6 Å². The zero-order valence-electron chi connectivity index (χ0n) is 7.93. The molecular formula is C9H8N4O2. The van der Waals surface area contributed by atoms with Crippen molar-refractivity contribution in [3.63, 3.8) is 0 Å². The molecule has 15 heavy (non-hydrogen) atoms. The number of aromatic amines is 1. The van der Waals surface area contributed by atoms with Crippen molar-refractivity contribution in [3.8, 4) is 11.4 Å². The van der Waals surface area contributed by atoms with Crippen molar-refractivity contribution in [2.45, 2.75) is 6.92 Å². The summed E-state index contributed by atoms with van der Waals surface area (Å²) in [5.74, 6) is -1.01. The maximum absolute atomic E-state index is 10.8. The number of aromatic carboxylic acids is 1. The number of carboxylic acid groups (broad SMARTS) is 1. The van der Waals surface area contributed by atoms with Gasteiger partial charge in [-0.15, -0.1) is 5.10 Å². The van der Waals surface area contributed by atoms with Crippen LogP contribution in [-0.2, 0) is 0 Å². The minimum Gasteiger partial charge on any atom is -0.478 e. The number of nitrogens with zero attached hydrogens (tertiary/aromatic N) is 3. The lowest BCUT2D eigenvalue weighted by molar-refractivity contribution is 0.0695. The molecule has 0 unspecified atom stereocenters. The summed E-state index contributed by atoms with van der Waals surface area (Å²) in [5.41, 5.74) is 1.65. The van der Waals surface area contributed by atoms with E-state index >= 15 is 0 Å². The molecule has 0 aromatic carbocycles. The molecule has 2 aromatic rings. The minimum atomic E-state index is -1.01. The number of hydrogen-bond donors (Lipinski definition) is 2. The molecule has 2 N–H and O–H groups in total. The molecule has 0 saturated heterocycles. The summed E-state index contributed by atoms with van der Waals surface area (Å²) in [6.07, 6.45) is 1.57. The van der Waals surface area contributed by atoms with Gasteiger partial charge in [0.05, 0.1) is 17.0 Å². The van der Waals surface area contributed by atoms with Gasteiger partial charge in [-0.05, 0) is 19.1 Å². The standard InChI is InChI=1S/C9H8N4O2/c1-5-6(9(14)15)4-8(13-11-5)7-2-3-10-12-7/h2-4H,1H3,(H,10,12)(H,14,15). The highest BCUT2D eigenvalue weighted by Gasteiger charge is 2.11. The molecule has 0 aliphatic rings. The molecule has 76 valence electrons. The fraction of sp³-hybridized carbons (Fsp3) is 0.111. The van der Waals surface area contributed by atoms with Crippen molar-refractivity contribution in [1.82, 2.24) is 20.4 Å². The number of nitrogens with one attached hydrogen (secondary N) is 1. The van der Waals surface area contributed by atoms with Gasteiger partial charge in [0.2, 0.25) is 0 Å². The van der Waals surface area contributed by atoms with Gasteiger partial charge in [-0.25, -0.2) is 4.79 Å². The second-order valence-electron chi connectivity index (χ2n) is 3.00. The Labute approximate surface area is 85.0 Å². The molecule has 0 aliphatic carbocycles. The molecule has 0 amide bonds. The number of aryl methyl sites for hydroxylation is 1. The minimum absolute atomic E-state index is 0.148. The lowest BCUT2D eigenvalue weighted by Crippen LogP contribution is -2.04. The molecular weight excluding hydrogens is 196 g/mol. The SMILES string of the molecule is Cc1nnc(-c2ccn[nH]2)cc1C(=O)O. The van der Waals surface area contributed by atoms with Crippen LogP contribution in [0.25, 0.3) is 11.4 Å². The fourth-order valence-corrected chi connectivity index (χ4v) is 1.20. The Hall–Kier alpha value is -2.24. The van der Waals surface area contributed by atoms with Crippen LogP contribution in [0, 0.1) is 6.92 Å². The van der Waals surface area contributed by atoms with Gasteiger partial charge in [0.25, 0.3) is 0 Å². The van der Waals surface area contributed by atoms with Gasteiger partial charge in [-0.3, -0.25) is 5.10 Å². The van der Waals surface area contributed by atoms with Crippen LogP contribution in [0.4, 0.5) is 0 Å². The predicted molar refractivity (Wildman–Crippen MR) is 51.3 cm³/mol. The molecule has 0 radical (unpaired) electrons. The molecule has 2 rings (SSSR count). The van der Waals surface area contributed by atoms with Crippen LogP contribution >= 0.6 is 0 Å². The highest BCUT2D eigenvalue weighted by molar-refractivity contribution is 5.89. The van der Waals surface area contributed by atoms with E-state index < -0.39 is 5.97 Å². The Morgan fingerprint density at radius 2 is 2.27 bits per heavy atom. The number of hydrogen-bond acceptors (Lipinski definition) is 4. The molecule has 2 aromatic heterocycles. The van der Waals surface area contributed by atoms with Crippen LogP contribution in [0.3, 0.4) is 0 Å². The lowest BCUT2D eigenvalue weighted by Gasteiger charge is -2.00. The van der Waals surface area contributed by atoms with Crippen molar-refractivity contribution in [2.24, 2.45) is 0 Å². The highest BCUT2D eigenvalue weighted by Crippen LogP contribution is 2.15. The lowest BCUT2D eigenvalue weighted by atomic mass is 10.2. The largest absolute Gasteiger partial charge is 0.478 e. The van der Waals surface area contributed by atoms with Gasteiger partial charge in [-0.2, -0.15) is 10.2 Å². The molecule has 2 heterocycles.